The summed E-state index contributed by atoms with van der Waals surface area (Å²) in [5, 5.41) is 10.5. The van der Waals surface area contributed by atoms with Crippen LogP contribution >= 0.6 is 22.9 Å². The van der Waals surface area contributed by atoms with Crippen molar-refractivity contribution in [3.63, 3.8) is 0 Å². The molecule has 0 aliphatic heterocycles. The molecule has 3 aromatic rings. The molecule has 0 fully saturated rings. The number of para-hydroxylation sites is 2. The first kappa shape index (κ1) is 22.9. The van der Waals surface area contributed by atoms with Gasteiger partial charge in [-0.15, -0.1) is 10.2 Å². The number of carbonyl (C=O) groups is 1. The molecule has 31 heavy (non-hydrogen) atoms. The molecule has 1 amide bonds. The highest BCUT2D eigenvalue weighted by Gasteiger charge is 2.23. The normalized spacial score (nSPS) is 12.2. The van der Waals surface area contributed by atoms with Crippen molar-refractivity contribution in [2.45, 2.75) is 17.3 Å². The highest BCUT2D eigenvalue weighted by molar-refractivity contribution is 7.91. The molecular formula is C19H19ClN4O5S2. The highest BCUT2D eigenvalue weighted by atomic mass is 35.5. The number of hydrogen-bond donors (Lipinski definition) is 2. The minimum atomic E-state index is -3.95. The fourth-order valence-corrected chi connectivity index (χ4v) is 4.71. The number of hydrogen-bond acceptors (Lipinski definition) is 8. The van der Waals surface area contributed by atoms with Gasteiger partial charge < -0.3 is 9.47 Å². The summed E-state index contributed by atoms with van der Waals surface area (Å²) in [6, 6.07) is 12.7. The smallest absolute Gasteiger partial charge is 0.270 e. The Kier molecular flexibility index (Phi) is 7.44. The quantitative estimate of drug-likeness (QED) is 0.449. The molecule has 164 valence electrons. The van der Waals surface area contributed by atoms with Crippen molar-refractivity contribution in [3.05, 3.63) is 59.1 Å². The van der Waals surface area contributed by atoms with E-state index in [0.717, 1.165) is 11.3 Å². The van der Waals surface area contributed by atoms with Crippen LogP contribution in [0.5, 0.6) is 11.5 Å². The van der Waals surface area contributed by atoms with E-state index in [1.54, 1.807) is 55.5 Å². The van der Waals surface area contributed by atoms with E-state index < -0.39 is 22.0 Å². The number of ether oxygens (including phenoxy) is 2. The van der Waals surface area contributed by atoms with Gasteiger partial charge in [0, 0.05) is 10.6 Å². The van der Waals surface area contributed by atoms with Gasteiger partial charge in [-0.3, -0.25) is 10.1 Å². The second kappa shape index (κ2) is 10.1. The summed E-state index contributed by atoms with van der Waals surface area (Å²) in [6.07, 6.45) is 0. The van der Waals surface area contributed by atoms with Crippen LogP contribution in [0.4, 0.5) is 5.13 Å². The molecule has 2 aromatic carbocycles. The third-order valence-electron chi connectivity index (χ3n) is 3.88. The highest BCUT2D eigenvalue weighted by Crippen LogP contribution is 2.26. The van der Waals surface area contributed by atoms with Crippen LogP contribution in [0.2, 0.25) is 5.02 Å². The molecule has 12 heteroatoms. The van der Waals surface area contributed by atoms with E-state index in [2.05, 4.69) is 20.2 Å². The molecule has 0 radical (unpaired) electrons. The molecule has 1 aromatic heterocycles. The van der Waals surface area contributed by atoms with Gasteiger partial charge in [0.2, 0.25) is 9.47 Å². The molecule has 1 unspecified atom stereocenters. The second-order valence-corrected chi connectivity index (χ2v) is 9.62. The van der Waals surface area contributed by atoms with Gasteiger partial charge in [-0.1, -0.05) is 35.1 Å². The summed E-state index contributed by atoms with van der Waals surface area (Å²) in [5.74, 6) is 0.588. The number of carbonyl (C=O) groups excluding carboxylic acids is 1. The van der Waals surface area contributed by atoms with E-state index in [1.165, 1.54) is 7.11 Å². The average Bonchev–Trinajstić information content (AvgIpc) is 3.22. The molecule has 0 aliphatic rings. The van der Waals surface area contributed by atoms with Gasteiger partial charge in [0.15, 0.2) is 11.5 Å². The van der Waals surface area contributed by atoms with E-state index in [1.807, 2.05) is 0 Å². The van der Waals surface area contributed by atoms with Gasteiger partial charge in [-0.25, -0.2) is 13.1 Å². The molecule has 0 bridgehead atoms. The molecule has 0 aliphatic carbocycles. The number of nitrogens with one attached hydrogen (secondary N) is 2. The summed E-state index contributed by atoms with van der Waals surface area (Å²) < 4.78 is 38.2. The minimum Gasteiger partial charge on any atom is -0.493 e. The molecule has 0 spiro atoms. The lowest BCUT2D eigenvalue weighted by Crippen LogP contribution is -2.36. The topological polar surface area (TPSA) is 120 Å². The maximum atomic E-state index is 12.6. The van der Waals surface area contributed by atoms with Crippen LogP contribution in [0.15, 0.2) is 52.9 Å². The first-order valence-corrected chi connectivity index (χ1v) is 11.6. The Morgan fingerprint density at radius 3 is 2.48 bits per heavy atom. The molecular weight excluding hydrogens is 464 g/mol. The number of benzene rings is 2. The van der Waals surface area contributed by atoms with Gasteiger partial charge in [-0.2, -0.15) is 0 Å². The summed E-state index contributed by atoms with van der Waals surface area (Å²) in [7, 11) is -2.43. The summed E-state index contributed by atoms with van der Waals surface area (Å²) >= 11 is 6.54. The van der Waals surface area contributed by atoms with E-state index in [-0.39, 0.29) is 16.1 Å². The Labute approximate surface area is 188 Å². The first-order chi connectivity index (χ1) is 14.8. The number of aromatic nitrogens is 2. The largest absolute Gasteiger partial charge is 0.493 e. The van der Waals surface area contributed by atoms with Crippen LogP contribution in [0.3, 0.4) is 0 Å². The Morgan fingerprint density at radius 2 is 1.81 bits per heavy atom. The van der Waals surface area contributed by atoms with E-state index in [9.17, 15) is 13.2 Å². The van der Waals surface area contributed by atoms with E-state index >= 15 is 0 Å². The molecule has 0 saturated carbocycles. The number of nitrogens with zero attached hydrogens (tertiary/aromatic N) is 2. The van der Waals surface area contributed by atoms with Crippen molar-refractivity contribution in [1.82, 2.24) is 14.9 Å². The zero-order valence-electron chi connectivity index (χ0n) is 16.5. The van der Waals surface area contributed by atoms with Crippen molar-refractivity contribution < 1.29 is 22.7 Å². The summed E-state index contributed by atoms with van der Waals surface area (Å²) in [5.41, 5.74) is 0.351. The van der Waals surface area contributed by atoms with Crippen LogP contribution in [-0.4, -0.2) is 44.3 Å². The van der Waals surface area contributed by atoms with Crippen LogP contribution in [-0.2, 0) is 10.0 Å². The Morgan fingerprint density at radius 1 is 1.13 bits per heavy atom. The molecule has 3 rings (SSSR count). The van der Waals surface area contributed by atoms with Crippen molar-refractivity contribution in [2.75, 3.05) is 19.0 Å². The van der Waals surface area contributed by atoms with Gasteiger partial charge >= 0.3 is 0 Å². The third kappa shape index (κ3) is 6.14. The average molecular weight is 483 g/mol. The van der Waals surface area contributed by atoms with E-state index in [0.29, 0.717) is 22.1 Å². The van der Waals surface area contributed by atoms with Crippen LogP contribution < -0.4 is 19.5 Å². The molecule has 0 saturated heterocycles. The molecule has 9 nitrogen and oxygen atoms in total. The SMILES string of the molecule is COc1ccccc1OCC(C)NS(=O)(=O)c1nnc(NC(=O)c2ccc(Cl)cc2)s1. The Balaban J connectivity index is 1.59. The van der Waals surface area contributed by atoms with Crippen molar-refractivity contribution in [1.29, 1.82) is 0 Å². The van der Waals surface area contributed by atoms with Crippen LogP contribution in [0, 0.1) is 0 Å². The maximum absolute atomic E-state index is 12.6. The van der Waals surface area contributed by atoms with Crippen molar-refractivity contribution >= 4 is 44.0 Å². The number of halogens is 1. The third-order valence-corrected chi connectivity index (χ3v) is 6.93. The van der Waals surface area contributed by atoms with E-state index in [4.69, 9.17) is 21.1 Å². The number of amides is 1. The second-order valence-electron chi connectivity index (χ2n) is 6.32. The fourth-order valence-electron chi connectivity index (χ4n) is 2.44. The lowest BCUT2D eigenvalue weighted by molar-refractivity contribution is 0.102. The predicted molar refractivity (Wildman–Crippen MR) is 118 cm³/mol. The number of methoxy groups -OCH3 is 1. The summed E-state index contributed by atoms with van der Waals surface area (Å²) in [4.78, 5) is 12.2. The first-order valence-electron chi connectivity index (χ1n) is 8.97. The summed E-state index contributed by atoms with van der Waals surface area (Å²) in [6.45, 7) is 1.72. The number of rotatable bonds is 9. The Bertz CT molecular complexity index is 1150. The Hall–Kier alpha value is -2.73. The number of sulfonamides is 1. The van der Waals surface area contributed by atoms with Crippen molar-refractivity contribution in [2.24, 2.45) is 0 Å². The lowest BCUT2D eigenvalue weighted by Gasteiger charge is -2.15. The van der Waals surface area contributed by atoms with Gasteiger partial charge in [0.25, 0.3) is 15.9 Å². The van der Waals surface area contributed by atoms with Crippen molar-refractivity contribution in [3.8, 4) is 11.5 Å². The fraction of sp³-hybridized carbons (Fsp3) is 0.211. The number of anilines is 1. The monoisotopic (exact) mass is 482 g/mol. The zero-order chi connectivity index (χ0) is 22.4. The van der Waals surface area contributed by atoms with Gasteiger partial charge in [0.05, 0.1) is 13.2 Å². The van der Waals surface area contributed by atoms with Crippen LogP contribution in [0.25, 0.3) is 0 Å². The molecule has 1 atom stereocenters. The predicted octanol–water partition coefficient (Wildman–Crippen LogP) is 3.20. The van der Waals surface area contributed by atoms with Gasteiger partial charge in [0.1, 0.15) is 6.61 Å². The standard InChI is InChI=1S/C19H19ClN4O5S2/c1-12(11-29-16-6-4-3-5-15(16)28-2)24-31(26,27)19-23-22-18(30-19)21-17(25)13-7-9-14(20)10-8-13/h3-10,12,24H,11H2,1-2H3,(H,21,22,25). The van der Waals surface area contributed by atoms with Gasteiger partial charge in [-0.05, 0) is 43.3 Å². The molecule has 1 heterocycles. The zero-order valence-corrected chi connectivity index (χ0v) is 18.9. The molecule has 2 N–H and O–H groups in total. The lowest BCUT2D eigenvalue weighted by atomic mass is 10.2. The van der Waals surface area contributed by atoms with Crippen LogP contribution in [0.1, 0.15) is 17.3 Å². The minimum absolute atomic E-state index is 0.0539. The maximum Gasteiger partial charge on any atom is 0.270 e.